The number of ether oxygens (including phenoxy) is 1. The van der Waals surface area contributed by atoms with E-state index >= 15 is 0 Å². The third kappa shape index (κ3) is 4.21. The summed E-state index contributed by atoms with van der Waals surface area (Å²) < 4.78 is 43.8. The molecule has 106 valence electrons. The Morgan fingerprint density at radius 2 is 1.84 bits per heavy atom. The Kier molecular flexibility index (Phi) is 6.30. The van der Waals surface area contributed by atoms with Crippen LogP contribution in [0.15, 0.2) is 12.1 Å². The Morgan fingerprint density at radius 3 is 2.32 bits per heavy atom. The quantitative estimate of drug-likeness (QED) is 0.589. The van der Waals surface area contributed by atoms with E-state index in [2.05, 4.69) is 15.9 Å². The molecular weight excluding hydrogens is 327 g/mol. The van der Waals surface area contributed by atoms with Crippen molar-refractivity contribution in [1.82, 2.24) is 4.90 Å². The smallest absolute Gasteiger partial charge is 0.254 e. The Labute approximate surface area is 117 Å². The highest BCUT2D eigenvalue weighted by Gasteiger charge is 2.19. The van der Waals surface area contributed by atoms with E-state index in [0.29, 0.717) is 30.6 Å². The predicted octanol–water partition coefficient (Wildman–Crippen LogP) is 2.59. The normalized spacial score (nSPS) is 10.6. The lowest BCUT2D eigenvalue weighted by atomic mass is 10.1. The molecule has 3 nitrogen and oxygen atoms in total. The number of halogens is 4. The first kappa shape index (κ1) is 16.0. The monoisotopic (exact) mass is 339 g/mol. The molecule has 0 unspecified atom stereocenters. The molecule has 1 aromatic carbocycles. The molecule has 0 fully saturated rings. The first-order valence-corrected chi connectivity index (χ1v) is 6.62. The Morgan fingerprint density at radius 1 is 1.26 bits per heavy atom. The topological polar surface area (TPSA) is 29.5 Å². The van der Waals surface area contributed by atoms with Crippen molar-refractivity contribution in [2.75, 3.05) is 32.1 Å². The minimum atomic E-state index is -1.58. The molecule has 0 spiro atoms. The van der Waals surface area contributed by atoms with Crippen molar-refractivity contribution < 1.29 is 22.7 Å². The summed E-state index contributed by atoms with van der Waals surface area (Å²) in [7, 11) is 1.48. The number of nitrogens with zero attached hydrogens (tertiary/aromatic N) is 1. The molecule has 0 aliphatic heterocycles. The highest BCUT2D eigenvalue weighted by Crippen LogP contribution is 2.15. The maximum atomic E-state index is 13.1. The fraction of sp³-hybridized carbons (Fsp3) is 0.417. The van der Waals surface area contributed by atoms with E-state index in [4.69, 9.17) is 4.74 Å². The fourth-order valence-corrected chi connectivity index (χ4v) is 1.91. The van der Waals surface area contributed by atoms with Crippen LogP contribution >= 0.6 is 15.9 Å². The van der Waals surface area contributed by atoms with E-state index in [1.165, 1.54) is 12.0 Å². The van der Waals surface area contributed by atoms with Crippen molar-refractivity contribution in [3.63, 3.8) is 0 Å². The first-order chi connectivity index (χ1) is 9.01. The van der Waals surface area contributed by atoms with E-state index in [-0.39, 0.29) is 12.1 Å². The highest BCUT2D eigenvalue weighted by atomic mass is 79.9. The fourth-order valence-electron chi connectivity index (χ4n) is 1.48. The predicted molar refractivity (Wildman–Crippen MR) is 67.9 cm³/mol. The zero-order valence-corrected chi connectivity index (χ0v) is 11.8. The van der Waals surface area contributed by atoms with Crippen molar-refractivity contribution in [1.29, 1.82) is 0 Å². The van der Waals surface area contributed by atoms with E-state index in [1.807, 2.05) is 0 Å². The van der Waals surface area contributed by atoms with Crippen LogP contribution in [0.25, 0.3) is 0 Å². The van der Waals surface area contributed by atoms with Crippen molar-refractivity contribution in [3.05, 3.63) is 35.1 Å². The lowest BCUT2D eigenvalue weighted by Gasteiger charge is -2.21. The van der Waals surface area contributed by atoms with E-state index in [1.54, 1.807) is 0 Å². The summed E-state index contributed by atoms with van der Waals surface area (Å²) in [4.78, 5) is 13.4. The van der Waals surface area contributed by atoms with Crippen LogP contribution in [0.4, 0.5) is 13.2 Å². The average molecular weight is 340 g/mol. The van der Waals surface area contributed by atoms with Gasteiger partial charge in [0.15, 0.2) is 17.5 Å². The SMILES string of the molecule is COCCN(CCBr)C(=O)c1cc(F)c(F)c(F)c1. The summed E-state index contributed by atoms with van der Waals surface area (Å²) in [5.41, 5.74) is -0.228. The molecule has 0 N–H and O–H groups in total. The average Bonchev–Trinajstić information content (AvgIpc) is 2.39. The third-order valence-corrected chi connectivity index (χ3v) is 2.79. The molecule has 0 heterocycles. The second-order valence-electron chi connectivity index (χ2n) is 3.73. The lowest BCUT2D eigenvalue weighted by Crippen LogP contribution is -2.35. The number of carbonyl (C=O) groups excluding carboxylic acids is 1. The van der Waals surface area contributed by atoms with Gasteiger partial charge in [-0.25, -0.2) is 13.2 Å². The van der Waals surface area contributed by atoms with E-state index in [9.17, 15) is 18.0 Å². The zero-order valence-electron chi connectivity index (χ0n) is 10.3. The number of methoxy groups -OCH3 is 1. The summed E-state index contributed by atoms with van der Waals surface area (Å²) in [6.07, 6.45) is 0. The van der Waals surface area contributed by atoms with Gasteiger partial charge in [0.25, 0.3) is 5.91 Å². The molecule has 0 saturated carbocycles. The van der Waals surface area contributed by atoms with Crippen LogP contribution in [0.3, 0.4) is 0 Å². The molecule has 0 aliphatic carbocycles. The maximum absolute atomic E-state index is 13.1. The van der Waals surface area contributed by atoms with Crippen molar-refractivity contribution in [3.8, 4) is 0 Å². The molecule has 1 rings (SSSR count). The molecule has 0 bridgehead atoms. The van der Waals surface area contributed by atoms with Crippen molar-refractivity contribution in [2.24, 2.45) is 0 Å². The molecule has 1 amide bonds. The van der Waals surface area contributed by atoms with Gasteiger partial charge in [-0.3, -0.25) is 4.79 Å². The molecule has 0 aliphatic rings. The molecule has 1 aromatic rings. The lowest BCUT2D eigenvalue weighted by molar-refractivity contribution is 0.0707. The number of hydrogen-bond donors (Lipinski definition) is 0. The molecule has 0 saturated heterocycles. The Bertz CT molecular complexity index is 434. The maximum Gasteiger partial charge on any atom is 0.254 e. The van der Waals surface area contributed by atoms with Crippen LogP contribution in [-0.2, 0) is 4.74 Å². The minimum absolute atomic E-state index is 0.228. The standard InChI is InChI=1S/C12H13BrF3NO2/c1-19-5-4-17(3-2-13)12(18)8-6-9(14)11(16)10(15)7-8/h6-7H,2-5H2,1H3. The first-order valence-electron chi connectivity index (χ1n) is 5.50. The largest absolute Gasteiger partial charge is 0.383 e. The van der Waals surface area contributed by atoms with E-state index in [0.717, 1.165) is 0 Å². The number of hydrogen-bond acceptors (Lipinski definition) is 2. The molecule has 0 radical (unpaired) electrons. The van der Waals surface area contributed by atoms with Gasteiger partial charge in [-0.15, -0.1) is 0 Å². The molecule has 0 aromatic heterocycles. The third-order valence-electron chi connectivity index (χ3n) is 2.44. The van der Waals surface area contributed by atoms with Gasteiger partial charge >= 0.3 is 0 Å². The molecule has 7 heteroatoms. The van der Waals surface area contributed by atoms with Gasteiger partial charge in [-0.2, -0.15) is 0 Å². The van der Waals surface area contributed by atoms with E-state index < -0.39 is 23.4 Å². The van der Waals surface area contributed by atoms with Crippen LogP contribution < -0.4 is 0 Å². The molecule has 0 atom stereocenters. The van der Waals surface area contributed by atoms with Gasteiger partial charge in [0.1, 0.15) is 0 Å². The van der Waals surface area contributed by atoms with Crippen molar-refractivity contribution in [2.45, 2.75) is 0 Å². The molecular formula is C12H13BrF3NO2. The summed E-state index contributed by atoms with van der Waals surface area (Å²) >= 11 is 3.18. The molecule has 19 heavy (non-hydrogen) atoms. The summed E-state index contributed by atoms with van der Waals surface area (Å²) in [6, 6.07) is 1.38. The second kappa shape index (κ2) is 7.49. The zero-order chi connectivity index (χ0) is 14.4. The van der Waals surface area contributed by atoms with Gasteiger partial charge in [0.05, 0.1) is 6.61 Å². The van der Waals surface area contributed by atoms with Gasteiger partial charge in [-0.05, 0) is 12.1 Å². The van der Waals surface area contributed by atoms with Gasteiger partial charge < -0.3 is 9.64 Å². The van der Waals surface area contributed by atoms with Crippen molar-refractivity contribution >= 4 is 21.8 Å². The highest BCUT2D eigenvalue weighted by molar-refractivity contribution is 9.09. The van der Waals surface area contributed by atoms with Gasteiger partial charge in [-0.1, -0.05) is 15.9 Å². The van der Waals surface area contributed by atoms with Gasteiger partial charge in [0, 0.05) is 31.1 Å². The number of carbonyl (C=O) groups is 1. The Hall–Kier alpha value is -1.08. The number of alkyl halides is 1. The van der Waals surface area contributed by atoms with Crippen LogP contribution in [0, 0.1) is 17.5 Å². The number of amides is 1. The van der Waals surface area contributed by atoms with Crippen LogP contribution in [0.2, 0.25) is 0 Å². The summed E-state index contributed by atoms with van der Waals surface area (Å²) in [5.74, 6) is -4.92. The minimum Gasteiger partial charge on any atom is -0.383 e. The van der Waals surface area contributed by atoms with Crippen LogP contribution in [0.5, 0.6) is 0 Å². The van der Waals surface area contributed by atoms with Crippen LogP contribution in [-0.4, -0.2) is 42.9 Å². The number of benzene rings is 1. The van der Waals surface area contributed by atoms with Gasteiger partial charge in [0.2, 0.25) is 0 Å². The second-order valence-corrected chi connectivity index (χ2v) is 4.52. The summed E-state index contributed by atoms with van der Waals surface area (Å²) in [5, 5.41) is 0.509. The number of rotatable bonds is 6. The Balaban J connectivity index is 2.95. The summed E-state index contributed by atoms with van der Waals surface area (Å²) in [6.45, 7) is 0.926. The van der Waals surface area contributed by atoms with Crippen LogP contribution in [0.1, 0.15) is 10.4 Å².